The van der Waals surface area contributed by atoms with Crippen molar-refractivity contribution in [1.82, 2.24) is 19.6 Å². The van der Waals surface area contributed by atoms with Gasteiger partial charge >= 0.3 is 0 Å². The number of carbonyl (C=O) groups excluding carboxylic acids is 1. The Morgan fingerprint density at radius 2 is 2.18 bits per heavy atom. The van der Waals surface area contributed by atoms with Gasteiger partial charge in [-0.15, -0.1) is 0 Å². The molecule has 1 fully saturated rings. The van der Waals surface area contributed by atoms with E-state index in [1.54, 1.807) is 9.58 Å². The predicted molar refractivity (Wildman–Crippen MR) is 84.4 cm³/mol. The molecule has 0 unspecified atom stereocenters. The van der Waals surface area contributed by atoms with Crippen molar-refractivity contribution < 1.29 is 9.90 Å². The van der Waals surface area contributed by atoms with Crippen LogP contribution in [0.4, 0.5) is 0 Å². The van der Waals surface area contributed by atoms with Crippen molar-refractivity contribution in [2.24, 2.45) is 0 Å². The third-order valence-electron chi connectivity index (χ3n) is 4.41. The highest BCUT2D eigenvalue weighted by atomic mass is 16.3. The lowest BCUT2D eigenvalue weighted by atomic mass is 10.1. The van der Waals surface area contributed by atoms with Crippen molar-refractivity contribution in [3.8, 4) is 0 Å². The molecule has 2 aromatic rings. The molecule has 1 aromatic carbocycles. The van der Waals surface area contributed by atoms with Crippen LogP contribution >= 0.6 is 0 Å². The third-order valence-corrected chi connectivity index (χ3v) is 4.41. The summed E-state index contributed by atoms with van der Waals surface area (Å²) in [5.41, 5.74) is 0.890. The van der Waals surface area contributed by atoms with E-state index in [1.807, 2.05) is 44.6 Å². The van der Waals surface area contributed by atoms with Crippen LogP contribution in [-0.2, 0) is 11.3 Å². The van der Waals surface area contributed by atoms with E-state index in [0.29, 0.717) is 12.6 Å². The summed E-state index contributed by atoms with van der Waals surface area (Å²) in [6, 6.07) is 8.02. The highest BCUT2D eigenvalue weighted by Crippen LogP contribution is 2.21. The summed E-state index contributed by atoms with van der Waals surface area (Å²) in [5, 5.41) is 15.0. The van der Waals surface area contributed by atoms with Crippen LogP contribution in [0.3, 0.4) is 0 Å². The molecule has 1 N–H and O–H groups in total. The summed E-state index contributed by atoms with van der Waals surface area (Å²) in [6.07, 6.45) is 2.71. The van der Waals surface area contributed by atoms with Crippen molar-refractivity contribution in [2.45, 2.75) is 25.0 Å². The summed E-state index contributed by atoms with van der Waals surface area (Å²) in [4.78, 5) is 16.5. The number of fused-ring (bicyclic) bond motifs is 1. The van der Waals surface area contributed by atoms with Crippen LogP contribution in [-0.4, -0.2) is 69.9 Å². The highest BCUT2D eigenvalue weighted by Gasteiger charge is 2.35. The topological polar surface area (TPSA) is 61.6 Å². The van der Waals surface area contributed by atoms with Gasteiger partial charge in [-0.3, -0.25) is 9.48 Å². The van der Waals surface area contributed by atoms with Gasteiger partial charge in [0.15, 0.2) is 0 Å². The van der Waals surface area contributed by atoms with Crippen LogP contribution in [0, 0.1) is 0 Å². The Morgan fingerprint density at radius 1 is 1.41 bits per heavy atom. The molecule has 1 amide bonds. The first-order valence-corrected chi connectivity index (χ1v) is 7.57. The normalized spacial score (nSPS) is 21.9. The number of aliphatic hydroxyl groups is 1. The van der Waals surface area contributed by atoms with Gasteiger partial charge in [0.1, 0.15) is 6.54 Å². The van der Waals surface area contributed by atoms with Crippen LogP contribution in [0.5, 0.6) is 0 Å². The molecule has 0 saturated carbocycles. The monoisotopic (exact) mass is 302 g/mol. The van der Waals surface area contributed by atoms with E-state index in [1.165, 1.54) is 0 Å². The second-order valence-corrected chi connectivity index (χ2v) is 6.12. The zero-order valence-electron chi connectivity index (χ0n) is 13.0. The fourth-order valence-corrected chi connectivity index (χ4v) is 3.07. The van der Waals surface area contributed by atoms with Gasteiger partial charge in [-0.1, -0.05) is 18.2 Å². The maximum Gasteiger partial charge on any atom is 0.244 e. The van der Waals surface area contributed by atoms with Gasteiger partial charge in [0.25, 0.3) is 0 Å². The summed E-state index contributed by atoms with van der Waals surface area (Å²) >= 11 is 0. The summed E-state index contributed by atoms with van der Waals surface area (Å²) < 4.78 is 1.68. The molecule has 22 heavy (non-hydrogen) atoms. The zero-order valence-corrected chi connectivity index (χ0v) is 13.0. The number of hydrogen-bond donors (Lipinski definition) is 1. The Morgan fingerprint density at radius 3 is 2.86 bits per heavy atom. The number of carbonyl (C=O) groups is 1. The molecule has 0 bridgehead atoms. The van der Waals surface area contributed by atoms with E-state index in [9.17, 15) is 9.90 Å². The van der Waals surface area contributed by atoms with E-state index < -0.39 is 0 Å². The lowest BCUT2D eigenvalue weighted by Gasteiger charge is -2.23. The fourth-order valence-electron chi connectivity index (χ4n) is 3.07. The molecule has 0 aliphatic carbocycles. The van der Waals surface area contributed by atoms with E-state index in [4.69, 9.17) is 0 Å². The molecule has 2 heterocycles. The number of amides is 1. The highest BCUT2D eigenvalue weighted by molar-refractivity contribution is 5.80. The lowest BCUT2D eigenvalue weighted by Crippen LogP contribution is -2.40. The van der Waals surface area contributed by atoms with E-state index in [-0.39, 0.29) is 25.1 Å². The van der Waals surface area contributed by atoms with Gasteiger partial charge in [0, 0.05) is 24.2 Å². The largest absolute Gasteiger partial charge is 0.394 e. The average Bonchev–Trinajstić information content (AvgIpc) is 3.10. The number of benzene rings is 1. The molecule has 2 atom stereocenters. The minimum atomic E-state index is -0.0927. The molecule has 0 spiro atoms. The first-order chi connectivity index (χ1) is 10.6. The second kappa shape index (κ2) is 6.06. The van der Waals surface area contributed by atoms with Crippen molar-refractivity contribution in [1.29, 1.82) is 0 Å². The van der Waals surface area contributed by atoms with Gasteiger partial charge in [-0.05, 0) is 26.6 Å². The maximum absolute atomic E-state index is 12.6. The SMILES string of the molecule is CN(C)[C@@H]1C[C@@H](CO)N(C(=O)Cn2cc3ccccc3n2)C1. The molecule has 6 heteroatoms. The van der Waals surface area contributed by atoms with Gasteiger partial charge in [-0.2, -0.15) is 5.10 Å². The first-order valence-electron chi connectivity index (χ1n) is 7.57. The van der Waals surface area contributed by atoms with Gasteiger partial charge in [-0.25, -0.2) is 0 Å². The van der Waals surface area contributed by atoms with Gasteiger partial charge in [0.05, 0.1) is 18.2 Å². The predicted octanol–water partition coefficient (Wildman–Crippen LogP) is 0.560. The Labute approximate surface area is 129 Å². The average molecular weight is 302 g/mol. The molecule has 3 rings (SSSR count). The molecule has 6 nitrogen and oxygen atoms in total. The molecule has 0 radical (unpaired) electrons. The quantitative estimate of drug-likeness (QED) is 0.896. The summed E-state index contributed by atoms with van der Waals surface area (Å²) in [5.74, 6) is 0.0104. The molecular formula is C16H22N4O2. The fraction of sp³-hybridized carbons (Fsp3) is 0.500. The van der Waals surface area contributed by atoms with Crippen LogP contribution < -0.4 is 0 Å². The molecule has 118 valence electrons. The second-order valence-electron chi connectivity index (χ2n) is 6.12. The van der Waals surface area contributed by atoms with E-state index in [2.05, 4.69) is 10.00 Å². The number of rotatable bonds is 4. The summed E-state index contributed by atoms with van der Waals surface area (Å²) in [6.45, 7) is 0.889. The summed E-state index contributed by atoms with van der Waals surface area (Å²) in [7, 11) is 4.01. The van der Waals surface area contributed by atoms with E-state index in [0.717, 1.165) is 17.3 Å². The Kier molecular flexibility index (Phi) is 4.13. The number of likely N-dealkylation sites (N-methyl/N-ethyl adjacent to an activating group) is 1. The maximum atomic E-state index is 12.6. The number of aliphatic hydroxyl groups excluding tert-OH is 1. The minimum absolute atomic E-state index is 0.0104. The van der Waals surface area contributed by atoms with Crippen LogP contribution in [0.15, 0.2) is 30.5 Å². The minimum Gasteiger partial charge on any atom is -0.394 e. The molecule has 1 aliphatic heterocycles. The zero-order chi connectivity index (χ0) is 15.7. The number of hydrogen-bond acceptors (Lipinski definition) is 4. The molecule has 1 aromatic heterocycles. The number of nitrogens with zero attached hydrogens (tertiary/aromatic N) is 4. The first kappa shape index (κ1) is 15.0. The molecule has 1 aliphatic rings. The Bertz CT molecular complexity index is 634. The lowest BCUT2D eigenvalue weighted by molar-refractivity contribution is -0.133. The smallest absolute Gasteiger partial charge is 0.244 e. The van der Waals surface area contributed by atoms with Crippen LogP contribution in [0.2, 0.25) is 0 Å². The van der Waals surface area contributed by atoms with Crippen molar-refractivity contribution in [3.63, 3.8) is 0 Å². The van der Waals surface area contributed by atoms with E-state index >= 15 is 0 Å². The van der Waals surface area contributed by atoms with Gasteiger partial charge in [0.2, 0.25) is 5.91 Å². The Hall–Kier alpha value is -1.92. The standard InChI is InChI=1S/C16H22N4O2/c1-18(2)13-7-14(11-21)20(9-13)16(22)10-19-8-12-5-3-4-6-15(12)17-19/h3-6,8,13-14,21H,7,9-11H2,1-2H3/t13-,14+/m1/s1. The number of aromatic nitrogens is 2. The molecular weight excluding hydrogens is 280 g/mol. The van der Waals surface area contributed by atoms with Gasteiger partial charge < -0.3 is 14.9 Å². The number of likely N-dealkylation sites (tertiary alicyclic amines) is 1. The van der Waals surface area contributed by atoms with Crippen molar-refractivity contribution in [3.05, 3.63) is 30.5 Å². The van der Waals surface area contributed by atoms with Crippen molar-refractivity contribution in [2.75, 3.05) is 27.2 Å². The van der Waals surface area contributed by atoms with Crippen LogP contribution in [0.1, 0.15) is 6.42 Å². The van der Waals surface area contributed by atoms with Crippen molar-refractivity contribution >= 4 is 16.8 Å². The third kappa shape index (κ3) is 2.84. The van der Waals surface area contributed by atoms with Crippen LogP contribution in [0.25, 0.3) is 10.9 Å². The Balaban J connectivity index is 1.73. The molecule has 1 saturated heterocycles.